The number of aliphatic carboxylic acids is 1. The van der Waals surface area contributed by atoms with E-state index < -0.39 is 17.8 Å². The Hall–Kier alpha value is -2.64. The number of anilines is 1. The van der Waals surface area contributed by atoms with E-state index in [2.05, 4.69) is 22.4 Å². The summed E-state index contributed by atoms with van der Waals surface area (Å²) in [7, 11) is 0. The van der Waals surface area contributed by atoms with E-state index in [4.69, 9.17) is 0 Å². The first-order chi connectivity index (χ1) is 14.6. The van der Waals surface area contributed by atoms with E-state index in [0.29, 0.717) is 5.69 Å². The van der Waals surface area contributed by atoms with E-state index in [1.54, 1.807) is 23.1 Å². The molecule has 2 bridgehead atoms. The molecule has 1 amide bonds. The molecule has 5 nitrogen and oxygen atoms in total. The van der Waals surface area contributed by atoms with Crippen LogP contribution in [-0.2, 0) is 15.3 Å². The number of carbonyl (C=O) groups is 2. The first kappa shape index (κ1) is 19.3. The molecule has 152 valence electrons. The van der Waals surface area contributed by atoms with Crippen LogP contribution in [0, 0.1) is 23.7 Å². The van der Waals surface area contributed by atoms with Gasteiger partial charge in [-0.3, -0.25) is 9.59 Å². The summed E-state index contributed by atoms with van der Waals surface area (Å²) < 4.78 is 1.99. The number of allylic oxidation sites excluding steroid dienone is 2. The van der Waals surface area contributed by atoms with E-state index in [-0.39, 0.29) is 17.7 Å². The zero-order chi connectivity index (χ0) is 20.7. The summed E-state index contributed by atoms with van der Waals surface area (Å²) in [6.07, 6.45) is 4.70. The molecule has 0 saturated heterocycles. The smallest absolute Gasteiger partial charge is 0.307 e. The molecule has 1 fully saturated rings. The first-order valence-corrected chi connectivity index (χ1v) is 11.7. The average Bonchev–Trinajstić information content (AvgIpc) is 3.46. The fourth-order valence-electron chi connectivity index (χ4n) is 4.50. The van der Waals surface area contributed by atoms with Crippen molar-refractivity contribution in [1.82, 2.24) is 4.98 Å². The van der Waals surface area contributed by atoms with Crippen molar-refractivity contribution >= 4 is 50.9 Å². The highest BCUT2D eigenvalue weighted by molar-refractivity contribution is 8.00. The molecular formula is C23H20N2O3S2. The maximum atomic E-state index is 12.9. The van der Waals surface area contributed by atoms with Crippen molar-refractivity contribution in [2.75, 3.05) is 5.32 Å². The van der Waals surface area contributed by atoms with Crippen LogP contribution in [-0.4, -0.2) is 22.0 Å². The van der Waals surface area contributed by atoms with Crippen LogP contribution in [0.4, 0.5) is 5.69 Å². The zero-order valence-electron chi connectivity index (χ0n) is 16.0. The molecule has 1 aromatic heterocycles. The SMILES string of the molecule is O=C(O)[C@@H]1[C@@H](C(=O)Nc2ccc3nc(SCc4ccccc4)sc3c2)[C@H]2C=C[C@H]1C2. The van der Waals surface area contributed by atoms with Crippen molar-refractivity contribution in [3.05, 3.63) is 66.2 Å². The molecule has 5 rings (SSSR count). The van der Waals surface area contributed by atoms with Crippen molar-refractivity contribution in [2.24, 2.45) is 23.7 Å². The highest BCUT2D eigenvalue weighted by atomic mass is 32.2. The lowest BCUT2D eigenvalue weighted by molar-refractivity contribution is -0.146. The van der Waals surface area contributed by atoms with Crippen molar-refractivity contribution in [3.8, 4) is 0 Å². The number of hydrogen-bond donors (Lipinski definition) is 2. The van der Waals surface area contributed by atoms with E-state index in [9.17, 15) is 14.7 Å². The largest absolute Gasteiger partial charge is 0.481 e. The fraction of sp³-hybridized carbons (Fsp3) is 0.261. The van der Waals surface area contributed by atoms with E-state index in [1.165, 1.54) is 5.56 Å². The summed E-state index contributed by atoms with van der Waals surface area (Å²) in [4.78, 5) is 29.2. The second kappa shape index (κ2) is 7.89. The van der Waals surface area contributed by atoms with Crippen LogP contribution < -0.4 is 5.32 Å². The number of rotatable bonds is 6. The van der Waals surface area contributed by atoms with Crippen molar-refractivity contribution < 1.29 is 14.7 Å². The third kappa shape index (κ3) is 3.63. The van der Waals surface area contributed by atoms with Gasteiger partial charge in [0.05, 0.1) is 22.1 Å². The third-order valence-electron chi connectivity index (χ3n) is 5.89. The predicted octanol–water partition coefficient (Wildman–Crippen LogP) is 5.05. The van der Waals surface area contributed by atoms with Crippen LogP contribution in [0.2, 0.25) is 0 Å². The second-order valence-electron chi connectivity index (χ2n) is 7.76. The molecule has 2 N–H and O–H groups in total. The van der Waals surface area contributed by atoms with Crippen molar-refractivity contribution in [1.29, 1.82) is 0 Å². The quantitative estimate of drug-likeness (QED) is 0.418. The van der Waals surface area contributed by atoms with Crippen LogP contribution in [0.3, 0.4) is 0 Å². The molecule has 1 saturated carbocycles. The monoisotopic (exact) mass is 436 g/mol. The number of benzene rings is 2. The number of nitrogens with one attached hydrogen (secondary N) is 1. The molecule has 0 unspecified atom stereocenters. The average molecular weight is 437 g/mol. The zero-order valence-corrected chi connectivity index (χ0v) is 17.7. The van der Waals surface area contributed by atoms with Crippen LogP contribution >= 0.6 is 23.1 Å². The summed E-state index contributed by atoms with van der Waals surface area (Å²) in [5, 5.41) is 12.5. The lowest BCUT2D eigenvalue weighted by Crippen LogP contribution is -2.36. The Morgan fingerprint density at radius 3 is 2.63 bits per heavy atom. The van der Waals surface area contributed by atoms with Crippen molar-refractivity contribution in [3.63, 3.8) is 0 Å². The summed E-state index contributed by atoms with van der Waals surface area (Å²) in [5.74, 6) is -1.38. The number of amides is 1. The molecule has 30 heavy (non-hydrogen) atoms. The van der Waals surface area contributed by atoms with Crippen LogP contribution in [0.5, 0.6) is 0 Å². The van der Waals surface area contributed by atoms with Crippen LogP contribution in [0.15, 0.2) is 65.0 Å². The topological polar surface area (TPSA) is 79.3 Å². The van der Waals surface area contributed by atoms with Crippen LogP contribution in [0.1, 0.15) is 12.0 Å². The predicted molar refractivity (Wildman–Crippen MR) is 120 cm³/mol. The Balaban J connectivity index is 1.30. The van der Waals surface area contributed by atoms with Gasteiger partial charge in [0, 0.05) is 11.4 Å². The van der Waals surface area contributed by atoms with Crippen LogP contribution in [0.25, 0.3) is 10.2 Å². The van der Waals surface area contributed by atoms with Gasteiger partial charge >= 0.3 is 5.97 Å². The number of carbonyl (C=O) groups excluding carboxylic acids is 1. The number of fused-ring (bicyclic) bond motifs is 3. The number of thiazole rings is 1. The Bertz CT molecular complexity index is 1140. The van der Waals surface area contributed by atoms with Gasteiger partial charge in [0.1, 0.15) is 0 Å². The highest BCUT2D eigenvalue weighted by Crippen LogP contribution is 2.48. The molecule has 0 spiro atoms. The Morgan fingerprint density at radius 1 is 1.10 bits per heavy atom. The van der Waals surface area contributed by atoms with E-state index >= 15 is 0 Å². The Morgan fingerprint density at radius 2 is 1.87 bits per heavy atom. The highest BCUT2D eigenvalue weighted by Gasteiger charge is 2.51. The number of carboxylic acids is 1. The molecule has 7 heteroatoms. The lowest BCUT2D eigenvalue weighted by atomic mass is 9.82. The summed E-state index contributed by atoms with van der Waals surface area (Å²) in [5.41, 5.74) is 2.84. The first-order valence-electron chi connectivity index (χ1n) is 9.88. The molecule has 4 atom stereocenters. The Labute approximate surface area is 182 Å². The summed E-state index contributed by atoms with van der Waals surface area (Å²) in [6, 6.07) is 15.9. The molecule has 2 aliphatic rings. The summed E-state index contributed by atoms with van der Waals surface area (Å²) >= 11 is 3.30. The van der Waals surface area contributed by atoms with Gasteiger partial charge < -0.3 is 10.4 Å². The minimum Gasteiger partial charge on any atom is -0.481 e. The minimum atomic E-state index is -0.884. The number of nitrogens with zero attached hydrogens (tertiary/aromatic N) is 1. The molecule has 1 heterocycles. The van der Waals surface area contributed by atoms with Gasteiger partial charge in [0.25, 0.3) is 0 Å². The molecular weight excluding hydrogens is 416 g/mol. The lowest BCUT2D eigenvalue weighted by Gasteiger charge is -2.23. The molecule has 2 aromatic carbocycles. The normalized spacial score (nSPS) is 24.4. The van der Waals surface area contributed by atoms with Gasteiger partial charge in [-0.25, -0.2) is 4.98 Å². The number of hydrogen-bond acceptors (Lipinski definition) is 5. The van der Waals surface area contributed by atoms with Gasteiger partial charge in [-0.1, -0.05) is 54.2 Å². The second-order valence-corrected chi connectivity index (χ2v) is 10.0. The van der Waals surface area contributed by atoms with Gasteiger partial charge in [-0.15, -0.1) is 11.3 Å². The number of aromatic nitrogens is 1. The molecule has 2 aliphatic carbocycles. The third-order valence-corrected chi connectivity index (χ3v) is 8.12. The van der Waals surface area contributed by atoms with E-state index in [1.807, 2.05) is 48.6 Å². The minimum absolute atomic E-state index is 0.0178. The molecule has 3 aromatic rings. The fourth-order valence-corrected chi connectivity index (χ4v) is 6.57. The van der Waals surface area contributed by atoms with Crippen molar-refractivity contribution in [2.45, 2.75) is 16.5 Å². The Kier molecular flexibility index (Phi) is 5.08. The molecule has 0 radical (unpaired) electrons. The maximum absolute atomic E-state index is 12.9. The van der Waals surface area contributed by atoms with Gasteiger partial charge in [0.15, 0.2) is 4.34 Å². The standard InChI is InChI=1S/C23H20N2O3S2/c26-21(19-14-6-7-15(10-14)20(19)22(27)28)24-16-8-9-17-18(11-16)30-23(25-17)29-12-13-4-2-1-3-5-13/h1-9,11,14-15,19-20H,10,12H2,(H,24,26)(H,27,28)/t14-,15-,19-,20-/m0/s1. The van der Waals surface area contributed by atoms with E-state index in [0.717, 1.165) is 26.7 Å². The van der Waals surface area contributed by atoms with Gasteiger partial charge in [-0.05, 0) is 42.0 Å². The summed E-state index contributed by atoms with van der Waals surface area (Å²) in [6.45, 7) is 0. The number of thioether (sulfide) groups is 1. The molecule has 0 aliphatic heterocycles. The number of carboxylic acid groups (broad SMARTS) is 1. The van der Waals surface area contributed by atoms with Gasteiger partial charge in [-0.2, -0.15) is 0 Å². The van der Waals surface area contributed by atoms with Gasteiger partial charge in [0.2, 0.25) is 5.91 Å². The maximum Gasteiger partial charge on any atom is 0.307 e.